The minimum absolute atomic E-state index is 0.0815. The highest BCUT2D eigenvalue weighted by atomic mass is 16.5. The molecule has 0 saturated carbocycles. The van der Waals surface area contributed by atoms with Gasteiger partial charge in [0.25, 0.3) is 0 Å². The molecule has 0 amide bonds. The molecule has 2 aromatic rings. The van der Waals surface area contributed by atoms with Crippen molar-refractivity contribution in [2.45, 2.75) is 12.8 Å². The Labute approximate surface area is 147 Å². The van der Waals surface area contributed by atoms with Crippen LogP contribution in [0.1, 0.15) is 11.1 Å². The maximum absolute atomic E-state index is 12.2. The highest BCUT2D eigenvalue weighted by Gasteiger charge is 2.36. The zero-order chi connectivity index (χ0) is 17.8. The standard InChI is InChI=1S/C20H22O5/c1-23-16-6-3-13(4-7-16)9-15-12-25-20(22)17(15)10-14-5-8-19(24-2)18(21)11-14/h3-8,11,15,17,21H,9-10,12H2,1-2H3. The van der Waals surface area contributed by atoms with Crippen LogP contribution >= 0.6 is 0 Å². The topological polar surface area (TPSA) is 65.0 Å². The van der Waals surface area contributed by atoms with Crippen LogP contribution in [0.15, 0.2) is 42.5 Å². The number of carbonyl (C=O) groups is 1. The van der Waals surface area contributed by atoms with E-state index in [0.29, 0.717) is 18.8 Å². The monoisotopic (exact) mass is 342 g/mol. The van der Waals surface area contributed by atoms with Crippen LogP contribution in [0.3, 0.4) is 0 Å². The van der Waals surface area contributed by atoms with E-state index in [1.807, 2.05) is 30.3 Å². The molecule has 5 nitrogen and oxygen atoms in total. The fourth-order valence-electron chi connectivity index (χ4n) is 3.24. The molecule has 1 aliphatic heterocycles. The van der Waals surface area contributed by atoms with E-state index in [1.165, 1.54) is 7.11 Å². The van der Waals surface area contributed by atoms with Gasteiger partial charge in [-0.05, 0) is 48.2 Å². The fraction of sp³-hybridized carbons (Fsp3) is 0.350. The van der Waals surface area contributed by atoms with Crippen molar-refractivity contribution in [3.05, 3.63) is 53.6 Å². The average molecular weight is 342 g/mol. The normalized spacial score (nSPS) is 19.5. The van der Waals surface area contributed by atoms with E-state index in [0.717, 1.165) is 23.3 Å². The third-order valence-electron chi connectivity index (χ3n) is 4.67. The van der Waals surface area contributed by atoms with Gasteiger partial charge in [-0.2, -0.15) is 0 Å². The lowest BCUT2D eigenvalue weighted by molar-refractivity contribution is -0.141. The van der Waals surface area contributed by atoms with E-state index in [-0.39, 0.29) is 23.6 Å². The van der Waals surface area contributed by atoms with Gasteiger partial charge in [0.15, 0.2) is 11.5 Å². The Morgan fingerprint density at radius 2 is 1.76 bits per heavy atom. The summed E-state index contributed by atoms with van der Waals surface area (Å²) in [5.74, 6) is 1.05. The number of ether oxygens (including phenoxy) is 3. The van der Waals surface area contributed by atoms with Crippen LogP contribution in [0.25, 0.3) is 0 Å². The first-order valence-electron chi connectivity index (χ1n) is 8.26. The number of phenolic OH excluding ortho intramolecular Hbond substituents is 1. The second-order valence-corrected chi connectivity index (χ2v) is 6.26. The van der Waals surface area contributed by atoms with Crippen LogP contribution in [-0.2, 0) is 22.4 Å². The van der Waals surface area contributed by atoms with Crippen LogP contribution in [0.5, 0.6) is 17.2 Å². The maximum Gasteiger partial charge on any atom is 0.309 e. The van der Waals surface area contributed by atoms with Crippen molar-refractivity contribution in [1.82, 2.24) is 0 Å². The van der Waals surface area contributed by atoms with Gasteiger partial charge in [-0.1, -0.05) is 18.2 Å². The molecule has 0 spiro atoms. The summed E-state index contributed by atoms with van der Waals surface area (Å²) in [5.41, 5.74) is 2.04. The lowest BCUT2D eigenvalue weighted by Gasteiger charge is -2.16. The van der Waals surface area contributed by atoms with E-state index in [9.17, 15) is 9.90 Å². The van der Waals surface area contributed by atoms with Crippen LogP contribution in [0.2, 0.25) is 0 Å². The first kappa shape index (κ1) is 17.1. The largest absolute Gasteiger partial charge is 0.504 e. The Balaban J connectivity index is 1.71. The molecular weight excluding hydrogens is 320 g/mol. The van der Waals surface area contributed by atoms with Crippen molar-refractivity contribution in [2.24, 2.45) is 11.8 Å². The SMILES string of the molecule is COc1ccc(CC2COC(=O)C2Cc2ccc(OC)c(O)c2)cc1. The maximum atomic E-state index is 12.2. The second-order valence-electron chi connectivity index (χ2n) is 6.26. The second kappa shape index (κ2) is 7.47. The quantitative estimate of drug-likeness (QED) is 0.818. The van der Waals surface area contributed by atoms with Gasteiger partial charge in [-0.3, -0.25) is 4.79 Å². The minimum Gasteiger partial charge on any atom is -0.504 e. The molecule has 5 heteroatoms. The summed E-state index contributed by atoms with van der Waals surface area (Å²) in [5, 5.41) is 9.93. The molecular formula is C20H22O5. The van der Waals surface area contributed by atoms with Crippen LogP contribution in [0, 0.1) is 11.8 Å². The smallest absolute Gasteiger partial charge is 0.309 e. The number of benzene rings is 2. The molecule has 1 N–H and O–H groups in total. The van der Waals surface area contributed by atoms with Crippen molar-refractivity contribution in [3.63, 3.8) is 0 Å². The molecule has 0 bridgehead atoms. The number of phenols is 1. The molecule has 0 radical (unpaired) electrons. The number of rotatable bonds is 6. The minimum atomic E-state index is -0.213. The molecule has 0 aliphatic carbocycles. The van der Waals surface area contributed by atoms with Crippen LogP contribution < -0.4 is 9.47 Å². The van der Waals surface area contributed by atoms with Gasteiger partial charge in [0.2, 0.25) is 0 Å². The molecule has 1 fully saturated rings. The van der Waals surface area contributed by atoms with Crippen molar-refractivity contribution in [2.75, 3.05) is 20.8 Å². The Morgan fingerprint density at radius 3 is 2.40 bits per heavy atom. The predicted molar refractivity (Wildman–Crippen MR) is 93.0 cm³/mol. The summed E-state index contributed by atoms with van der Waals surface area (Å²) in [4.78, 5) is 12.2. The third kappa shape index (κ3) is 3.87. The molecule has 3 rings (SSSR count). The van der Waals surface area contributed by atoms with Crippen LogP contribution in [-0.4, -0.2) is 31.9 Å². The van der Waals surface area contributed by atoms with Crippen molar-refractivity contribution in [1.29, 1.82) is 0 Å². The molecule has 1 heterocycles. The van der Waals surface area contributed by atoms with Gasteiger partial charge in [0.05, 0.1) is 26.7 Å². The van der Waals surface area contributed by atoms with E-state index in [4.69, 9.17) is 14.2 Å². The van der Waals surface area contributed by atoms with E-state index in [1.54, 1.807) is 19.2 Å². The third-order valence-corrected chi connectivity index (χ3v) is 4.67. The Hall–Kier alpha value is -2.69. The first-order chi connectivity index (χ1) is 12.1. The molecule has 1 aliphatic rings. The van der Waals surface area contributed by atoms with E-state index < -0.39 is 0 Å². The highest BCUT2D eigenvalue weighted by molar-refractivity contribution is 5.75. The zero-order valence-electron chi connectivity index (χ0n) is 14.4. The molecule has 132 valence electrons. The van der Waals surface area contributed by atoms with Gasteiger partial charge in [-0.25, -0.2) is 0 Å². The number of cyclic esters (lactones) is 1. The molecule has 2 atom stereocenters. The number of carbonyl (C=O) groups excluding carboxylic acids is 1. The molecule has 25 heavy (non-hydrogen) atoms. The number of aromatic hydroxyl groups is 1. The number of hydrogen-bond donors (Lipinski definition) is 1. The summed E-state index contributed by atoms with van der Waals surface area (Å²) in [6.45, 7) is 0.428. The summed E-state index contributed by atoms with van der Waals surface area (Å²) in [6, 6.07) is 13.1. The number of hydrogen-bond acceptors (Lipinski definition) is 5. The molecule has 0 aromatic heterocycles. The predicted octanol–water partition coefficient (Wildman–Crippen LogP) is 2.98. The van der Waals surface area contributed by atoms with Gasteiger partial charge in [-0.15, -0.1) is 0 Å². The lowest BCUT2D eigenvalue weighted by Crippen LogP contribution is -2.20. The lowest BCUT2D eigenvalue weighted by atomic mass is 9.85. The molecule has 2 aromatic carbocycles. The van der Waals surface area contributed by atoms with E-state index >= 15 is 0 Å². The summed E-state index contributed by atoms with van der Waals surface area (Å²) >= 11 is 0. The Kier molecular flexibility index (Phi) is 5.12. The summed E-state index contributed by atoms with van der Waals surface area (Å²) < 4.78 is 15.5. The van der Waals surface area contributed by atoms with Crippen molar-refractivity contribution < 1.29 is 24.1 Å². The van der Waals surface area contributed by atoms with Crippen LogP contribution in [0.4, 0.5) is 0 Å². The first-order valence-corrected chi connectivity index (χ1v) is 8.26. The van der Waals surface area contributed by atoms with Gasteiger partial charge >= 0.3 is 5.97 Å². The molecule has 2 unspecified atom stereocenters. The zero-order valence-corrected chi connectivity index (χ0v) is 14.4. The average Bonchev–Trinajstić information content (AvgIpc) is 2.96. The Morgan fingerprint density at radius 1 is 1.04 bits per heavy atom. The van der Waals surface area contributed by atoms with E-state index in [2.05, 4.69) is 0 Å². The number of methoxy groups -OCH3 is 2. The summed E-state index contributed by atoms with van der Waals surface area (Å²) in [7, 11) is 3.15. The van der Waals surface area contributed by atoms with Gasteiger partial charge < -0.3 is 19.3 Å². The molecule has 1 saturated heterocycles. The van der Waals surface area contributed by atoms with Crippen molar-refractivity contribution >= 4 is 5.97 Å². The van der Waals surface area contributed by atoms with Gasteiger partial charge in [0.1, 0.15) is 5.75 Å². The van der Waals surface area contributed by atoms with Crippen molar-refractivity contribution in [3.8, 4) is 17.2 Å². The summed E-state index contributed by atoms with van der Waals surface area (Å²) in [6.07, 6.45) is 1.31. The number of esters is 1. The highest BCUT2D eigenvalue weighted by Crippen LogP contribution is 2.32. The fourth-order valence-corrected chi connectivity index (χ4v) is 3.24. The Bertz CT molecular complexity index is 738. The van der Waals surface area contributed by atoms with Gasteiger partial charge in [0, 0.05) is 5.92 Å².